The van der Waals surface area contributed by atoms with Crippen LogP contribution in [0.5, 0.6) is 0 Å². The molecule has 138 valence electrons. The fourth-order valence-corrected chi connectivity index (χ4v) is 3.28. The Balaban J connectivity index is 1.82. The Morgan fingerprint density at radius 2 is 2.15 bits per heavy atom. The Morgan fingerprint density at radius 3 is 2.93 bits per heavy atom. The van der Waals surface area contributed by atoms with Gasteiger partial charge in [-0.15, -0.1) is 0 Å². The van der Waals surface area contributed by atoms with Crippen LogP contribution in [0, 0.1) is 11.0 Å². The number of benzene rings is 2. The SMILES string of the molecule is CON=CC1CN1C1=Nc2ccc(Cl)cc2C(c2ccccc2F)=[N+]([O-])C1. The molecule has 0 radical (unpaired) electrons. The van der Waals surface area contributed by atoms with Crippen LogP contribution in [0.3, 0.4) is 0 Å². The van der Waals surface area contributed by atoms with E-state index in [4.69, 9.17) is 16.4 Å². The van der Waals surface area contributed by atoms with Crippen LogP contribution < -0.4 is 0 Å². The second kappa shape index (κ2) is 7.00. The number of hydrogen-bond acceptors (Lipinski definition) is 5. The van der Waals surface area contributed by atoms with E-state index in [-0.39, 0.29) is 23.9 Å². The van der Waals surface area contributed by atoms with Gasteiger partial charge in [-0.3, -0.25) is 0 Å². The second-order valence-electron chi connectivity index (χ2n) is 6.21. The molecule has 0 spiro atoms. The Kier molecular flexibility index (Phi) is 4.53. The van der Waals surface area contributed by atoms with Gasteiger partial charge in [0, 0.05) is 11.6 Å². The first-order chi connectivity index (χ1) is 13.1. The van der Waals surface area contributed by atoms with Gasteiger partial charge in [0.1, 0.15) is 12.9 Å². The topological polar surface area (TPSA) is 63.0 Å². The molecule has 2 aromatic rings. The van der Waals surface area contributed by atoms with Crippen LogP contribution in [-0.2, 0) is 4.84 Å². The minimum Gasteiger partial charge on any atom is -0.623 e. The van der Waals surface area contributed by atoms with Gasteiger partial charge in [0.15, 0.2) is 5.84 Å². The van der Waals surface area contributed by atoms with Gasteiger partial charge in [0.25, 0.3) is 0 Å². The van der Waals surface area contributed by atoms with E-state index in [0.717, 1.165) is 4.74 Å². The molecule has 8 heteroatoms. The summed E-state index contributed by atoms with van der Waals surface area (Å²) in [4.78, 5) is 11.3. The summed E-state index contributed by atoms with van der Waals surface area (Å²) in [7, 11) is 1.47. The maximum atomic E-state index is 14.4. The molecule has 2 heterocycles. The highest BCUT2D eigenvalue weighted by molar-refractivity contribution is 6.31. The van der Waals surface area contributed by atoms with Crippen LogP contribution in [-0.4, -0.2) is 53.6 Å². The minimum atomic E-state index is -0.473. The highest BCUT2D eigenvalue weighted by atomic mass is 35.5. The number of fused-ring (bicyclic) bond motifs is 1. The molecule has 4 rings (SSSR count). The van der Waals surface area contributed by atoms with Gasteiger partial charge in [-0.2, -0.15) is 4.74 Å². The standard InChI is InChI=1S/C19H16ClFN4O2/c1-27-22-9-13-10-24(13)18-11-25(26)19(14-4-2-3-5-16(14)21)15-8-12(20)6-7-17(15)23-18/h2-9,13H,10-11H2,1H3. The molecule has 1 saturated heterocycles. The summed E-state index contributed by atoms with van der Waals surface area (Å²) in [5.41, 5.74) is 1.51. The fourth-order valence-electron chi connectivity index (χ4n) is 3.11. The summed E-state index contributed by atoms with van der Waals surface area (Å²) < 4.78 is 15.2. The molecule has 0 N–H and O–H groups in total. The predicted octanol–water partition coefficient (Wildman–Crippen LogP) is 3.19. The number of nitrogens with zero attached hydrogens (tertiary/aromatic N) is 4. The number of halogens is 2. The zero-order valence-electron chi connectivity index (χ0n) is 14.5. The molecule has 0 amide bonds. The van der Waals surface area contributed by atoms with Crippen molar-refractivity contribution in [1.82, 2.24) is 4.90 Å². The van der Waals surface area contributed by atoms with E-state index in [1.54, 1.807) is 42.6 Å². The van der Waals surface area contributed by atoms with Crippen LogP contribution >= 0.6 is 11.6 Å². The smallest absolute Gasteiger partial charge is 0.231 e. The van der Waals surface area contributed by atoms with Crippen LogP contribution in [0.1, 0.15) is 11.1 Å². The van der Waals surface area contributed by atoms with Crippen LogP contribution in [0.2, 0.25) is 5.02 Å². The number of amidine groups is 1. The minimum absolute atomic E-state index is 0.00666. The van der Waals surface area contributed by atoms with E-state index in [9.17, 15) is 9.60 Å². The first kappa shape index (κ1) is 17.5. The molecule has 0 aromatic heterocycles. The summed E-state index contributed by atoms with van der Waals surface area (Å²) in [6.07, 6.45) is 1.66. The molecular formula is C19H16ClFN4O2. The summed E-state index contributed by atoms with van der Waals surface area (Å²) in [5, 5.41) is 17.2. The molecule has 1 unspecified atom stereocenters. The van der Waals surface area contributed by atoms with E-state index >= 15 is 0 Å². The fraction of sp³-hybridized carbons (Fsp3) is 0.211. The summed E-state index contributed by atoms with van der Waals surface area (Å²) in [6.45, 7) is 0.685. The van der Waals surface area contributed by atoms with Gasteiger partial charge in [-0.1, -0.05) is 28.9 Å². The number of hydrogen-bond donors (Lipinski definition) is 0. The predicted molar refractivity (Wildman–Crippen MR) is 103 cm³/mol. The average Bonchev–Trinajstić information content (AvgIpc) is 3.43. The molecule has 0 bridgehead atoms. The molecule has 2 aliphatic rings. The van der Waals surface area contributed by atoms with Gasteiger partial charge >= 0.3 is 0 Å². The maximum absolute atomic E-state index is 14.4. The molecule has 1 fully saturated rings. The Morgan fingerprint density at radius 1 is 1.33 bits per heavy atom. The van der Waals surface area contributed by atoms with Gasteiger partial charge in [0.2, 0.25) is 12.3 Å². The van der Waals surface area contributed by atoms with Gasteiger partial charge in [0.05, 0.1) is 29.1 Å². The van der Waals surface area contributed by atoms with E-state index in [1.807, 2.05) is 4.90 Å². The van der Waals surface area contributed by atoms with Crippen molar-refractivity contribution in [3.63, 3.8) is 0 Å². The highest BCUT2D eigenvalue weighted by Crippen LogP contribution is 2.31. The van der Waals surface area contributed by atoms with Crippen molar-refractivity contribution in [1.29, 1.82) is 0 Å². The molecular weight excluding hydrogens is 371 g/mol. The largest absolute Gasteiger partial charge is 0.623 e. The van der Waals surface area contributed by atoms with Crippen LogP contribution in [0.25, 0.3) is 0 Å². The van der Waals surface area contributed by atoms with E-state index in [0.29, 0.717) is 28.7 Å². The van der Waals surface area contributed by atoms with Crippen molar-refractivity contribution in [2.45, 2.75) is 6.04 Å². The van der Waals surface area contributed by atoms with E-state index in [2.05, 4.69) is 10.1 Å². The maximum Gasteiger partial charge on any atom is 0.231 e. The third kappa shape index (κ3) is 3.38. The van der Waals surface area contributed by atoms with Crippen molar-refractivity contribution in [2.75, 3.05) is 20.2 Å². The number of aliphatic imine (C=N–C) groups is 1. The van der Waals surface area contributed by atoms with Crippen molar-refractivity contribution in [2.24, 2.45) is 10.1 Å². The lowest BCUT2D eigenvalue weighted by Gasteiger charge is -2.11. The lowest BCUT2D eigenvalue weighted by molar-refractivity contribution is -0.440. The van der Waals surface area contributed by atoms with Crippen molar-refractivity contribution >= 4 is 35.1 Å². The number of oxime groups is 1. The number of rotatable bonds is 3. The molecule has 0 saturated carbocycles. The lowest BCUT2D eigenvalue weighted by atomic mass is 10.00. The average molecular weight is 387 g/mol. The summed E-state index contributed by atoms with van der Waals surface area (Å²) in [6, 6.07) is 11.3. The first-order valence-electron chi connectivity index (χ1n) is 8.36. The normalized spacial score (nSPS) is 19.0. The third-order valence-corrected chi connectivity index (χ3v) is 4.68. The van der Waals surface area contributed by atoms with Gasteiger partial charge < -0.3 is 14.9 Å². The molecule has 1 atom stereocenters. The highest BCUT2D eigenvalue weighted by Gasteiger charge is 2.39. The van der Waals surface area contributed by atoms with Gasteiger partial charge in [-0.05, 0) is 30.3 Å². The van der Waals surface area contributed by atoms with E-state index < -0.39 is 5.82 Å². The quantitative estimate of drug-likeness (QED) is 0.267. The number of hydroxylamine groups is 1. The van der Waals surface area contributed by atoms with Gasteiger partial charge in [-0.25, -0.2) is 9.38 Å². The van der Waals surface area contributed by atoms with Crippen LogP contribution in [0.15, 0.2) is 52.6 Å². The second-order valence-corrected chi connectivity index (χ2v) is 6.65. The van der Waals surface area contributed by atoms with Crippen molar-refractivity contribution < 1.29 is 14.0 Å². The van der Waals surface area contributed by atoms with Crippen LogP contribution in [0.4, 0.5) is 10.1 Å². The summed E-state index contributed by atoms with van der Waals surface area (Å²) >= 11 is 6.14. The summed E-state index contributed by atoms with van der Waals surface area (Å²) in [5.74, 6) is 0.118. The Hall–Kier alpha value is -2.93. The monoisotopic (exact) mass is 386 g/mol. The Labute approximate surface area is 160 Å². The zero-order valence-corrected chi connectivity index (χ0v) is 15.2. The zero-order chi connectivity index (χ0) is 19.0. The van der Waals surface area contributed by atoms with E-state index in [1.165, 1.54) is 13.2 Å². The Bertz CT molecular complexity index is 989. The first-order valence-corrected chi connectivity index (χ1v) is 8.73. The molecule has 2 aromatic carbocycles. The molecule has 2 aliphatic heterocycles. The van der Waals surface area contributed by atoms with Crippen molar-refractivity contribution in [3.05, 3.63) is 69.6 Å². The molecule has 0 aliphatic carbocycles. The lowest BCUT2D eigenvalue weighted by Crippen LogP contribution is -2.28. The van der Waals surface area contributed by atoms with Crippen molar-refractivity contribution in [3.8, 4) is 0 Å². The third-order valence-electron chi connectivity index (χ3n) is 4.45. The molecule has 6 nitrogen and oxygen atoms in total. The molecule has 27 heavy (non-hydrogen) atoms.